The van der Waals surface area contributed by atoms with E-state index in [2.05, 4.69) is 0 Å². The summed E-state index contributed by atoms with van der Waals surface area (Å²) in [5, 5.41) is 82.6. The first-order valence-corrected chi connectivity index (χ1v) is 13.5. The van der Waals surface area contributed by atoms with Gasteiger partial charge in [-0.25, -0.2) is 0 Å². The molecule has 0 bridgehead atoms. The minimum Gasteiger partial charge on any atom is -0.493 e. The Kier molecular flexibility index (Phi) is 11.3. The number of aliphatic hydroxyl groups excluding tert-OH is 8. The highest BCUT2D eigenvalue weighted by molar-refractivity contribution is 5.55. The van der Waals surface area contributed by atoms with Crippen LogP contribution in [0.4, 0.5) is 0 Å². The Bertz CT molecular complexity index is 1020. The summed E-state index contributed by atoms with van der Waals surface area (Å²) >= 11 is 0. The fourth-order valence-electron chi connectivity index (χ4n) is 4.94. The molecule has 0 radical (unpaired) electrons. The summed E-state index contributed by atoms with van der Waals surface area (Å²) in [6.07, 6.45) is -21.1. The Labute approximate surface area is 246 Å². The fourth-order valence-corrected chi connectivity index (χ4v) is 4.94. The van der Waals surface area contributed by atoms with Gasteiger partial charge in [0.15, 0.2) is 30.2 Å². The van der Waals surface area contributed by atoms with Crippen molar-refractivity contribution in [2.75, 3.05) is 34.5 Å². The van der Waals surface area contributed by atoms with Crippen LogP contribution < -0.4 is 18.9 Å². The third-order valence-corrected chi connectivity index (χ3v) is 7.51. The second kappa shape index (κ2) is 14.3. The van der Waals surface area contributed by atoms with Crippen molar-refractivity contribution in [3.8, 4) is 23.0 Å². The fraction of sp³-hybridized carbons (Fsp3) is 0.769. The first-order valence-electron chi connectivity index (χ1n) is 13.5. The molecular weight excluding hydrogens is 584 g/mol. The van der Waals surface area contributed by atoms with Gasteiger partial charge in [0.25, 0.3) is 0 Å². The lowest BCUT2D eigenvalue weighted by Gasteiger charge is -2.45. The second-order valence-corrected chi connectivity index (χ2v) is 10.4. The molecule has 14 unspecified atom stereocenters. The SMILES string of the molecule is COc1cc(OC2OC(COC3OC(C)C(O)C(O)C3O)C(O)C(O)C2OC2OCC(O)C(O)C2O)cc(OC)c1OC. The standard InChI is InChI=1S/C26H40O17/c1-9-15(28)18(31)21(34)24(40-9)39-8-14-17(30)19(32)23(43-25-20(33)16(29)11(27)7-38-25)26(42-14)41-10-5-12(35-2)22(37-4)13(6-10)36-3/h5-6,9,11,14-21,23-34H,7-8H2,1-4H3. The maximum atomic E-state index is 11.1. The Morgan fingerprint density at radius 2 is 1.33 bits per heavy atom. The molecule has 3 fully saturated rings. The van der Waals surface area contributed by atoms with Crippen molar-refractivity contribution in [2.24, 2.45) is 0 Å². The van der Waals surface area contributed by atoms with Crippen LogP contribution in [-0.2, 0) is 23.7 Å². The van der Waals surface area contributed by atoms with Gasteiger partial charge in [0.2, 0.25) is 12.0 Å². The number of aliphatic hydroxyl groups is 8. The summed E-state index contributed by atoms with van der Waals surface area (Å²) in [5.41, 5.74) is 0. The van der Waals surface area contributed by atoms with Gasteiger partial charge in [-0.3, -0.25) is 0 Å². The van der Waals surface area contributed by atoms with Crippen LogP contribution in [0.25, 0.3) is 0 Å². The van der Waals surface area contributed by atoms with Crippen molar-refractivity contribution < 1.29 is 83.5 Å². The highest BCUT2D eigenvalue weighted by Crippen LogP contribution is 2.42. The molecule has 1 aromatic carbocycles. The van der Waals surface area contributed by atoms with Crippen LogP contribution in [0.3, 0.4) is 0 Å². The van der Waals surface area contributed by atoms with E-state index in [1.165, 1.54) is 40.4 Å². The van der Waals surface area contributed by atoms with Gasteiger partial charge in [-0.05, 0) is 6.92 Å². The summed E-state index contributed by atoms with van der Waals surface area (Å²) in [4.78, 5) is 0. The third-order valence-electron chi connectivity index (χ3n) is 7.51. The molecule has 3 heterocycles. The molecular formula is C26H40O17. The summed E-state index contributed by atoms with van der Waals surface area (Å²) in [7, 11) is 4.18. The van der Waals surface area contributed by atoms with Crippen molar-refractivity contribution in [1.82, 2.24) is 0 Å². The quantitative estimate of drug-likeness (QED) is 0.124. The molecule has 43 heavy (non-hydrogen) atoms. The predicted molar refractivity (Wildman–Crippen MR) is 138 cm³/mol. The topological polar surface area (TPSA) is 245 Å². The lowest BCUT2D eigenvalue weighted by Crippen LogP contribution is -2.64. The molecule has 3 aliphatic rings. The van der Waals surface area contributed by atoms with Gasteiger partial charge >= 0.3 is 0 Å². The molecule has 0 saturated carbocycles. The van der Waals surface area contributed by atoms with Gasteiger partial charge in [-0.15, -0.1) is 0 Å². The average Bonchev–Trinajstić information content (AvgIpc) is 3.00. The molecule has 4 rings (SSSR count). The Hall–Kier alpha value is -2.10. The van der Waals surface area contributed by atoms with Gasteiger partial charge < -0.3 is 83.5 Å². The summed E-state index contributed by atoms with van der Waals surface area (Å²) in [6.45, 7) is 0.574. The minimum absolute atomic E-state index is 0.0777. The number of hydrogen-bond acceptors (Lipinski definition) is 17. The molecule has 0 spiro atoms. The highest BCUT2D eigenvalue weighted by Gasteiger charge is 2.51. The van der Waals surface area contributed by atoms with E-state index in [0.717, 1.165) is 0 Å². The van der Waals surface area contributed by atoms with Crippen molar-refractivity contribution in [3.63, 3.8) is 0 Å². The van der Waals surface area contributed by atoms with Crippen LogP contribution >= 0.6 is 0 Å². The molecule has 3 saturated heterocycles. The zero-order chi connectivity index (χ0) is 31.6. The Morgan fingerprint density at radius 3 is 1.93 bits per heavy atom. The molecule has 0 amide bonds. The van der Waals surface area contributed by atoms with Gasteiger partial charge in [0.05, 0.1) is 40.6 Å². The van der Waals surface area contributed by atoms with Crippen LogP contribution in [0.5, 0.6) is 23.0 Å². The number of benzene rings is 1. The maximum absolute atomic E-state index is 11.1. The first-order chi connectivity index (χ1) is 20.4. The molecule has 3 aliphatic heterocycles. The first kappa shape index (κ1) is 33.8. The highest BCUT2D eigenvalue weighted by atomic mass is 16.8. The largest absolute Gasteiger partial charge is 0.493 e. The van der Waals surface area contributed by atoms with E-state index >= 15 is 0 Å². The van der Waals surface area contributed by atoms with E-state index in [-0.39, 0.29) is 23.0 Å². The lowest BCUT2D eigenvalue weighted by molar-refractivity contribution is -0.352. The average molecular weight is 625 g/mol. The van der Waals surface area contributed by atoms with E-state index in [0.29, 0.717) is 0 Å². The van der Waals surface area contributed by atoms with E-state index in [9.17, 15) is 40.9 Å². The van der Waals surface area contributed by atoms with E-state index < -0.39 is 99.2 Å². The summed E-state index contributed by atoms with van der Waals surface area (Å²) < 4.78 is 49.9. The monoisotopic (exact) mass is 624 g/mol. The molecule has 17 heteroatoms. The molecule has 0 aliphatic carbocycles. The molecule has 1 aromatic rings. The molecule has 17 nitrogen and oxygen atoms in total. The van der Waals surface area contributed by atoms with E-state index in [1.54, 1.807) is 0 Å². The van der Waals surface area contributed by atoms with Gasteiger partial charge in [0, 0.05) is 12.1 Å². The second-order valence-electron chi connectivity index (χ2n) is 10.4. The molecule has 8 N–H and O–H groups in total. The molecule has 0 aromatic heterocycles. The third kappa shape index (κ3) is 7.09. The van der Waals surface area contributed by atoms with Gasteiger partial charge in [-0.2, -0.15) is 0 Å². The van der Waals surface area contributed by atoms with Crippen LogP contribution in [-0.4, -0.2) is 161 Å². The number of rotatable bonds is 10. The number of ether oxygens (including phenoxy) is 9. The maximum Gasteiger partial charge on any atom is 0.229 e. The Balaban J connectivity index is 1.57. The molecule has 246 valence electrons. The predicted octanol–water partition coefficient (Wildman–Crippen LogP) is -3.79. The van der Waals surface area contributed by atoms with Crippen LogP contribution in [0.1, 0.15) is 6.92 Å². The lowest BCUT2D eigenvalue weighted by atomic mass is 9.98. The van der Waals surface area contributed by atoms with E-state index in [1.807, 2.05) is 0 Å². The zero-order valence-electron chi connectivity index (χ0n) is 23.9. The van der Waals surface area contributed by atoms with Crippen molar-refractivity contribution in [3.05, 3.63) is 12.1 Å². The van der Waals surface area contributed by atoms with Crippen LogP contribution in [0, 0.1) is 0 Å². The Morgan fingerprint density at radius 1 is 0.698 bits per heavy atom. The van der Waals surface area contributed by atoms with E-state index in [4.69, 9.17) is 42.6 Å². The number of hydrogen-bond donors (Lipinski definition) is 8. The summed E-state index contributed by atoms with van der Waals surface area (Å²) in [6, 6.07) is 2.86. The normalized spacial score (nSPS) is 41.9. The minimum atomic E-state index is -1.77. The smallest absolute Gasteiger partial charge is 0.229 e. The molecule has 14 atom stereocenters. The van der Waals surface area contributed by atoms with Crippen LogP contribution in [0.15, 0.2) is 12.1 Å². The summed E-state index contributed by atoms with van der Waals surface area (Å²) in [5.74, 6) is 0.767. The zero-order valence-corrected chi connectivity index (χ0v) is 23.9. The van der Waals surface area contributed by atoms with Gasteiger partial charge in [0.1, 0.15) is 60.7 Å². The number of methoxy groups -OCH3 is 3. The van der Waals surface area contributed by atoms with Crippen molar-refractivity contribution >= 4 is 0 Å². The van der Waals surface area contributed by atoms with Crippen molar-refractivity contribution in [1.29, 1.82) is 0 Å². The van der Waals surface area contributed by atoms with Crippen LogP contribution in [0.2, 0.25) is 0 Å². The van der Waals surface area contributed by atoms with Crippen molar-refractivity contribution in [2.45, 2.75) is 92.9 Å². The van der Waals surface area contributed by atoms with Gasteiger partial charge in [-0.1, -0.05) is 0 Å².